The van der Waals surface area contributed by atoms with E-state index in [0.29, 0.717) is 5.88 Å². The fraction of sp³-hybridized carbons (Fsp3) is 0.286. The standard InChI is InChI=1S/C14H13ClN2O/c1-9-7-13(17-14(15)16-9)18-12-6-5-10-3-2-4-11(10)8-12/h5-8H,2-4H2,1H3. The van der Waals surface area contributed by atoms with Crippen LogP contribution in [0, 0.1) is 6.92 Å². The lowest BCUT2D eigenvalue weighted by molar-refractivity contribution is 0.460. The van der Waals surface area contributed by atoms with Gasteiger partial charge in [0.15, 0.2) is 0 Å². The lowest BCUT2D eigenvalue weighted by Crippen LogP contribution is -1.93. The van der Waals surface area contributed by atoms with Crippen LogP contribution in [0.5, 0.6) is 11.6 Å². The number of aromatic nitrogens is 2. The van der Waals surface area contributed by atoms with Gasteiger partial charge in [0.25, 0.3) is 0 Å². The molecule has 0 unspecified atom stereocenters. The zero-order chi connectivity index (χ0) is 12.5. The number of aryl methyl sites for hydroxylation is 3. The number of rotatable bonds is 2. The lowest BCUT2D eigenvalue weighted by Gasteiger charge is -2.07. The Bertz CT molecular complexity index is 578. The van der Waals surface area contributed by atoms with Crippen LogP contribution in [0.1, 0.15) is 23.2 Å². The molecule has 1 heterocycles. The number of fused-ring (bicyclic) bond motifs is 1. The number of benzene rings is 1. The maximum Gasteiger partial charge on any atom is 0.225 e. The van der Waals surface area contributed by atoms with Crippen LogP contribution in [-0.2, 0) is 12.8 Å². The fourth-order valence-electron chi connectivity index (χ4n) is 2.29. The molecule has 0 aliphatic heterocycles. The summed E-state index contributed by atoms with van der Waals surface area (Å²) in [5.41, 5.74) is 3.61. The molecule has 3 rings (SSSR count). The maximum absolute atomic E-state index is 5.81. The Labute approximate surface area is 111 Å². The minimum atomic E-state index is 0.214. The first kappa shape index (κ1) is 11.5. The van der Waals surface area contributed by atoms with Gasteiger partial charge in [0.1, 0.15) is 5.75 Å². The topological polar surface area (TPSA) is 35.0 Å². The van der Waals surface area contributed by atoms with Crippen LogP contribution >= 0.6 is 11.6 Å². The van der Waals surface area contributed by atoms with Crippen molar-refractivity contribution in [2.24, 2.45) is 0 Å². The Balaban J connectivity index is 1.88. The number of ether oxygens (including phenoxy) is 1. The first-order valence-corrected chi connectivity index (χ1v) is 6.39. The van der Waals surface area contributed by atoms with Crippen molar-refractivity contribution in [3.63, 3.8) is 0 Å². The van der Waals surface area contributed by atoms with Crippen molar-refractivity contribution in [2.45, 2.75) is 26.2 Å². The molecule has 0 amide bonds. The van der Waals surface area contributed by atoms with Crippen molar-refractivity contribution < 1.29 is 4.74 Å². The third-order valence-corrected chi connectivity index (χ3v) is 3.26. The summed E-state index contributed by atoms with van der Waals surface area (Å²) in [5.74, 6) is 1.30. The van der Waals surface area contributed by atoms with E-state index in [2.05, 4.69) is 22.1 Å². The van der Waals surface area contributed by atoms with E-state index in [-0.39, 0.29) is 5.28 Å². The molecule has 0 N–H and O–H groups in total. The van der Waals surface area contributed by atoms with Gasteiger partial charge in [-0.05, 0) is 61.0 Å². The summed E-state index contributed by atoms with van der Waals surface area (Å²) >= 11 is 5.81. The van der Waals surface area contributed by atoms with E-state index in [1.807, 2.05) is 13.0 Å². The molecule has 3 nitrogen and oxygen atoms in total. The van der Waals surface area contributed by atoms with Crippen molar-refractivity contribution in [3.05, 3.63) is 46.4 Å². The van der Waals surface area contributed by atoms with Crippen LogP contribution in [0.3, 0.4) is 0 Å². The predicted molar refractivity (Wildman–Crippen MR) is 70.3 cm³/mol. The van der Waals surface area contributed by atoms with E-state index < -0.39 is 0 Å². The molecule has 0 saturated heterocycles. The van der Waals surface area contributed by atoms with Crippen LogP contribution in [0.25, 0.3) is 0 Å². The Kier molecular flexibility index (Phi) is 2.92. The fourth-order valence-corrected chi connectivity index (χ4v) is 2.51. The first-order valence-electron chi connectivity index (χ1n) is 6.01. The zero-order valence-electron chi connectivity index (χ0n) is 10.1. The van der Waals surface area contributed by atoms with E-state index in [9.17, 15) is 0 Å². The summed E-state index contributed by atoms with van der Waals surface area (Å²) < 4.78 is 5.73. The monoisotopic (exact) mass is 260 g/mol. The van der Waals surface area contributed by atoms with Crippen molar-refractivity contribution >= 4 is 11.6 Å². The molecule has 2 aromatic rings. The van der Waals surface area contributed by atoms with Crippen molar-refractivity contribution in [1.82, 2.24) is 9.97 Å². The van der Waals surface area contributed by atoms with Gasteiger partial charge in [-0.2, -0.15) is 4.98 Å². The highest BCUT2D eigenvalue weighted by atomic mass is 35.5. The average Bonchev–Trinajstić information content (AvgIpc) is 2.74. The van der Waals surface area contributed by atoms with E-state index in [1.165, 1.54) is 24.0 Å². The quantitative estimate of drug-likeness (QED) is 0.772. The van der Waals surface area contributed by atoms with Gasteiger partial charge in [-0.25, -0.2) is 4.98 Å². The molecule has 1 aromatic carbocycles. The Morgan fingerprint density at radius 3 is 2.78 bits per heavy atom. The number of hydrogen-bond acceptors (Lipinski definition) is 3. The smallest absolute Gasteiger partial charge is 0.225 e. The molecule has 4 heteroatoms. The third-order valence-electron chi connectivity index (χ3n) is 3.10. The molecular formula is C14H13ClN2O. The van der Waals surface area contributed by atoms with Crippen molar-refractivity contribution in [2.75, 3.05) is 0 Å². The molecular weight excluding hydrogens is 248 g/mol. The predicted octanol–water partition coefficient (Wildman–Crippen LogP) is 3.72. The van der Waals surface area contributed by atoms with E-state index >= 15 is 0 Å². The van der Waals surface area contributed by atoms with Gasteiger partial charge < -0.3 is 4.74 Å². The Hall–Kier alpha value is -1.61. The number of hydrogen-bond donors (Lipinski definition) is 0. The second-order valence-electron chi connectivity index (χ2n) is 4.50. The van der Waals surface area contributed by atoms with Gasteiger partial charge in [-0.15, -0.1) is 0 Å². The van der Waals surface area contributed by atoms with Gasteiger partial charge in [0.05, 0.1) is 0 Å². The molecule has 1 aliphatic carbocycles. The number of halogens is 1. The van der Waals surface area contributed by atoms with Crippen LogP contribution < -0.4 is 4.74 Å². The molecule has 0 atom stereocenters. The average molecular weight is 261 g/mol. The van der Waals surface area contributed by atoms with Gasteiger partial charge in [-0.3, -0.25) is 0 Å². The molecule has 0 spiro atoms. The summed E-state index contributed by atoms with van der Waals surface area (Å²) in [6.45, 7) is 1.86. The molecule has 18 heavy (non-hydrogen) atoms. The van der Waals surface area contributed by atoms with E-state index in [4.69, 9.17) is 16.3 Å². The van der Waals surface area contributed by atoms with Crippen molar-refractivity contribution in [1.29, 1.82) is 0 Å². The molecule has 0 fully saturated rings. The van der Waals surface area contributed by atoms with Crippen molar-refractivity contribution in [3.8, 4) is 11.6 Å². The minimum absolute atomic E-state index is 0.214. The van der Waals surface area contributed by atoms with Crippen LogP contribution in [0.15, 0.2) is 24.3 Å². The molecule has 0 saturated carbocycles. The summed E-state index contributed by atoms with van der Waals surface area (Å²) in [5, 5.41) is 0.214. The highest BCUT2D eigenvalue weighted by Gasteiger charge is 2.12. The van der Waals surface area contributed by atoms with Gasteiger partial charge in [-0.1, -0.05) is 6.07 Å². The highest BCUT2D eigenvalue weighted by molar-refractivity contribution is 6.28. The maximum atomic E-state index is 5.81. The first-order chi connectivity index (χ1) is 8.70. The normalized spacial score (nSPS) is 13.4. The van der Waals surface area contributed by atoms with Gasteiger partial charge in [0.2, 0.25) is 11.2 Å². The summed E-state index contributed by atoms with van der Waals surface area (Å²) in [4.78, 5) is 8.06. The molecule has 1 aliphatic rings. The van der Waals surface area contributed by atoms with Gasteiger partial charge in [0, 0.05) is 11.8 Å². The van der Waals surface area contributed by atoms with Crippen LogP contribution in [-0.4, -0.2) is 9.97 Å². The Morgan fingerprint density at radius 1 is 1.11 bits per heavy atom. The molecule has 1 aromatic heterocycles. The summed E-state index contributed by atoms with van der Waals surface area (Å²) in [7, 11) is 0. The Morgan fingerprint density at radius 2 is 1.94 bits per heavy atom. The van der Waals surface area contributed by atoms with E-state index in [1.54, 1.807) is 6.07 Å². The molecule has 92 valence electrons. The lowest BCUT2D eigenvalue weighted by atomic mass is 10.1. The van der Waals surface area contributed by atoms with Crippen LogP contribution in [0.2, 0.25) is 5.28 Å². The SMILES string of the molecule is Cc1cc(Oc2ccc3c(c2)CCC3)nc(Cl)n1. The summed E-state index contributed by atoms with van der Waals surface area (Å²) in [6.07, 6.45) is 3.54. The zero-order valence-corrected chi connectivity index (χ0v) is 10.9. The molecule has 0 radical (unpaired) electrons. The highest BCUT2D eigenvalue weighted by Crippen LogP contribution is 2.28. The largest absolute Gasteiger partial charge is 0.439 e. The second-order valence-corrected chi connectivity index (χ2v) is 4.84. The van der Waals surface area contributed by atoms with Gasteiger partial charge >= 0.3 is 0 Å². The minimum Gasteiger partial charge on any atom is -0.439 e. The third kappa shape index (κ3) is 2.31. The van der Waals surface area contributed by atoms with E-state index in [0.717, 1.165) is 17.9 Å². The summed E-state index contributed by atoms with van der Waals surface area (Å²) in [6, 6.07) is 7.98. The second kappa shape index (κ2) is 4.58. The number of nitrogens with zero attached hydrogens (tertiary/aromatic N) is 2. The molecule has 0 bridgehead atoms. The van der Waals surface area contributed by atoms with Crippen LogP contribution in [0.4, 0.5) is 0 Å².